The minimum absolute atomic E-state index is 0.190. The van der Waals surface area contributed by atoms with Gasteiger partial charge in [0, 0.05) is 12.7 Å². The van der Waals surface area contributed by atoms with Gasteiger partial charge in [0.15, 0.2) is 0 Å². The first-order valence-corrected chi connectivity index (χ1v) is 8.84. The Kier molecular flexibility index (Phi) is 5.08. The summed E-state index contributed by atoms with van der Waals surface area (Å²) in [4.78, 5) is 12.2. The maximum absolute atomic E-state index is 12.2. The van der Waals surface area contributed by atoms with E-state index in [0.717, 1.165) is 30.5 Å². The number of aryl methyl sites for hydroxylation is 1. The fourth-order valence-electron chi connectivity index (χ4n) is 3.39. The predicted octanol–water partition coefficient (Wildman–Crippen LogP) is 2.88. The van der Waals surface area contributed by atoms with Crippen LogP contribution >= 0.6 is 0 Å². The first kappa shape index (κ1) is 17.5. The van der Waals surface area contributed by atoms with Crippen molar-refractivity contribution in [3.05, 3.63) is 47.8 Å². The Balaban J connectivity index is 1.58. The highest BCUT2D eigenvalue weighted by Crippen LogP contribution is 2.34. The molecule has 1 aliphatic rings. The molecule has 0 fully saturated rings. The van der Waals surface area contributed by atoms with Crippen LogP contribution in [0.2, 0.25) is 0 Å². The van der Waals surface area contributed by atoms with Crippen molar-refractivity contribution in [2.45, 2.75) is 45.3 Å². The van der Waals surface area contributed by atoms with Crippen molar-refractivity contribution in [1.82, 2.24) is 15.1 Å². The molecule has 25 heavy (non-hydrogen) atoms. The van der Waals surface area contributed by atoms with E-state index in [-0.39, 0.29) is 12.6 Å². The van der Waals surface area contributed by atoms with Crippen LogP contribution in [-0.4, -0.2) is 27.5 Å². The van der Waals surface area contributed by atoms with Crippen LogP contribution in [0, 0.1) is 5.92 Å². The Labute approximate surface area is 148 Å². The number of nitrogens with one attached hydrogen (secondary N) is 2. The summed E-state index contributed by atoms with van der Waals surface area (Å²) in [6.07, 6.45) is 5.98. The highest BCUT2D eigenvalue weighted by Gasteiger charge is 2.34. The third-order valence-corrected chi connectivity index (χ3v) is 4.54. The van der Waals surface area contributed by atoms with Gasteiger partial charge in [-0.2, -0.15) is 5.10 Å². The Bertz CT molecular complexity index is 741. The average molecular weight is 342 g/mol. The monoisotopic (exact) mass is 342 g/mol. The van der Waals surface area contributed by atoms with Gasteiger partial charge in [-0.05, 0) is 36.3 Å². The predicted molar refractivity (Wildman–Crippen MR) is 97.4 cm³/mol. The van der Waals surface area contributed by atoms with E-state index in [1.807, 2.05) is 35.1 Å². The molecule has 1 unspecified atom stereocenters. The zero-order valence-corrected chi connectivity index (χ0v) is 14.8. The van der Waals surface area contributed by atoms with Gasteiger partial charge in [0.05, 0.1) is 18.4 Å². The number of amides is 2. The first-order valence-electron chi connectivity index (χ1n) is 8.84. The summed E-state index contributed by atoms with van der Waals surface area (Å²) >= 11 is 0. The number of rotatable bonds is 5. The first-order chi connectivity index (χ1) is 12.0. The molecular formula is C19H26N4O2. The summed E-state index contributed by atoms with van der Waals surface area (Å²) < 4.78 is 1.81. The third kappa shape index (κ3) is 4.20. The number of fused-ring (bicyclic) bond motifs is 1. The minimum atomic E-state index is -1.01. The second-order valence-corrected chi connectivity index (χ2v) is 7.19. The summed E-state index contributed by atoms with van der Waals surface area (Å²) in [6.45, 7) is 5.23. The number of urea groups is 1. The van der Waals surface area contributed by atoms with E-state index in [2.05, 4.69) is 29.6 Å². The van der Waals surface area contributed by atoms with Crippen molar-refractivity contribution in [3.63, 3.8) is 0 Å². The van der Waals surface area contributed by atoms with Gasteiger partial charge in [-0.15, -0.1) is 0 Å². The molecule has 0 bridgehead atoms. The maximum Gasteiger partial charge on any atom is 0.319 e. The smallest absolute Gasteiger partial charge is 0.319 e. The molecule has 0 spiro atoms. The molecular weight excluding hydrogens is 316 g/mol. The summed E-state index contributed by atoms with van der Waals surface area (Å²) in [7, 11) is 0. The zero-order chi connectivity index (χ0) is 17.9. The minimum Gasteiger partial charge on any atom is -0.383 e. The molecule has 0 saturated heterocycles. The van der Waals surface area contributed by atoms with Crippen molar-refractivity contribution in [1.29, 1.82) is 0 Å². The van der Waals surface area contributed by atoms with Crippen LogP contribution in [0.1, 0.15) is 37.8 Å². The lowest BCUT2D eigenvalue weighted by atomic mass is 9.79. The molecule has 3 rings (SSSR count). The molecule has 3 N–H and O–H groups in total. The van der Waals surface area contributed by atoms with Gasteiger partial charge in [0.2, 0.25) is 0 Å². The van der Waals surface area contributed by atoms with E-state index in [0.29, 0.717) is 18.0 Å². The fourth-order valence-corrected chi connectivity index (χ4v) is 3.39. The lowest BCUT2D eigenvalue weighted by molar-refractivity contribution is 0.0221. The highest BCUT2D eigenvalue weighted by atomic mass is 16.3. The summed E-state index contributed by atoms with van der Waals surface area (Å²) in [5, 5.41) is 20.8. The van der Waals surface area contributed by atoms with Gasteiger partial charge in [0.1, 0.15) is 5.60 Å². The Morgan fingerprint density at radius 1 is 1.40 bits per heavy atom. The van der Waals surface area contributed by atoms with E-state index >= 15 is 0 Å². The number of hydrogen-bond acceptors (Lipinski definition) is 3. The molecule has 6 nitrogen and oxygen atoms in total. The van der Waals surface area contributed by atoms with E-state index in [4.69, 9.17) is 0 Å². The molecule has 1 aromatic carbocycles. The van der Waals surface area contributed by atoms with Crippen LogP contribution in [0.5, 0.6) is 0 Å². The van der Waals surface area contributed by atoms with E-state index < -0.39 is 5.60 Å². The van der Waals surface area contributed by atoms with Crippen LogP contribution in [0.25, 0.3) is 0 Å². The van der Waals surface area contributed by atoms with Gasteiger partial charge in [0.25, 0.3) is 0 Å². The van der Waals surface area contributed by atoms with Crippen molar-refractivity contribution in [2.75, 3.05) is 11.9 Å². The third-order valence-electron chi connectivity index (χ3n) is 4.54. The normalized spacial score (nSPS) is 19.5. The van der Waals surface area contributed by atoms with Crippen molar-refractivity contribution < 1.29 is 9.90 Å². The average Bonchev–Trinajstić information content (AvgIpc) is 3.00. The second kappa shape index (κ2) is 7.27. The fraction of sp³-hybridized carbons (Fsp3) is 0.474. The summed E-state index contributed by atoms with van der Waals surface area (Å²) in [6, 6.07) is 7.57. The van der Waals surface area contributed by atoms with Crippen LogP contribution in [-0.2, 0) is 18.6 Å². The molecule has 1 aromatic heterocycles. The van der Waals surface area contributed by atoms with Gasteiger partial charge >= 0.3 is 6.03 Å². The van der Waals surface area contributed by atoms with E-state index in [1.165, 1.54) is 0 Å². The lowest BCUT2D eigenvalue weighted by Gasteiger charge is -2.34. The molecule has 0 saturated carbocycles. The Morgan fingerprint density at radius 3 is 3.00 bits per heavy atom. The SMILES string of the molecule is CC(C)Cn1cc(NC(=O)NCC2(O)CCCc3ccccc32)cn1. The molecule has 134 valence electrons. The topological polar surface area (TPSA) is 79.2 Å². The van der Waals surface area contributed by atoms with E-state index in [1.54, 1.807) is 6.20 Å². The number of carbonyl (C=O) groups is 1. The molecule has 2 aromatic rings. The number of aromatic nitrogens is 2. The highest BCUT2D eigenvalue weighted by molar-refractivity contribution is 5.88. The number of nitrogens with zero attached hydrogens (tertiary/aromatic N) is 2. The molecule has 6 heteroatoms. The number of aliphatic hydroxyl groups is 1. The standard InChI is InChI=1S/C19H26N4O2/c1-14(2)11-23-12-16(10-21-23)22-18(24)20-13-19(25)9-5-7-15-6-3-4-8-17(15)19/h3-4,6,8,10,12,14,25H,5,7,9,11,13H2,1-2H3,(H2,20,22,24). The molecule has 1 heterocycles. The number of anilines is 1. The maximum atomic E-state index is 12.2. The van der Waals surface area contributed by atoms with Crippen LogP contribution in [0.15, 0.2) is 36.7 Å². The molecule has 0 aliphatic heterocycles. The Hall–Kier alpha value is -2.34. The summed E-state index contributed by atoms with van der Waals surface area (Å²) in [5.41, 5.74) is 1.72. The van der Waals surface area contributed by atoms with Crippen LogP contribution in [0.4, 0.5) is 10.5 Å². The van der Waals surface area contributed by atoms with Gasteiger partial charge < -0.3 is 15.7 Å². The van der Waals surface area contributed by atoms with Crippen molar-refractivity contribution >= 4 is 11.7 Å². The lowest BCUT2D eigenvalue weighted by Crippen LogP contribution is -2.44. The van der Waals surface area contributed by atoms with Crippen molar-refractivity contribution in [2.24, 2.45) is 5.92 Å². The van der Waals surface area contributed by atoms with Crippen LogP contribution < -0.4 is 10.6 Å². The largest absolute Gasteiger partial charge is 0.383 e. The van der Waals surface area contributed by atoms with Crippen molar-refractivity contribution in [3.8, 4) is 0 Å². The van der Waals surface area contributed by atoms with Gasteiger partial charge in [-0.3, -0.25) is 4.68 Å². The zero-order valence-electron chi connectivity index (χ0n) is 14.8. The second-order valence-electron chi connectivity index (χ2n) is 7.19. The molecule has 2 amide bonds. The molecule has 1 atom stereocenters. The molecule has 0 radical (unpaired) electrons. The number of benzene rings is 1. The van der Waals surface area contributed by atoms with Gasteiger partial charge in [-0.1, -0.05) is 38.1 Å². The summed E-state index contributed by atoms with van der Waals surface area (Å²) in [5.74, 6) is 0.488. The van der Waals surface area contributed by atoms with E-state index in [9.17, 15) is 9.90 Å². The number of hydrogen-bond donors (Lipinski definition) is 3. The number of carbonyl (C=O) groups excluding carboxylic acids is 1. The van der Waals surface area contributed by atoms with Gasteiger partial charge in [-0.25, -0.2) is 4.79 Å². The quantitative estimate of drug-likeness (QED) is 0.782. The molecule has 1 aliphatic carbocycles. The Morgan fingerprint density at radius 2 is 2.20 bits per heavy atom. The van der Waals surface area contributed by atoms with Crippen LogP contribution in [0.3, 0.4) is 0 Å².